The van der Waals surface area contributed by atoms with Gasteiger partial charge in [-0.3, -0.25) is 14.8 Å². The molecule has 2 aromatic carbocycles. The van der Waals surface area contributed by atoms with E-state index in [9.17, 15) is 9.18 Å². The van der Waals surface area contributed by atoms with Gasteiger partial charge in [0.25, 0.3) is 5.91 Å². The molecule has 0 radical (unpaired) electrons. The van der Waals surface area contributed by atoms with Crippen LogP contribution in [0.15, 0.2) is 42.5 Å². The molecule has 2 aliphatic rings. The van der Waals surface area contributed by atoms with Gasteiger partial charge in [0.05, 0.1) is 5.52 Å². The highest BCUT2D eigenvalue weighted by Crippen LogP contribution is 2.27. The van der Waals surface area contributed by atoms with E-state index in [4.69, 9.17) is 0 Å². The Bertz CT molecular complexity index is 1390. The number of H-pyrrole nitrogens is 2. The molecule has 2 aliphatic heterocycles. The summed E-state index contributed by atoms with van der Waals surface area (Å²) in [6, 6.07) is 13.3. The maximum Gasteiger partial charge on any atom is 0.270 e. The Morgan fingerprint density at radius 2 is 1.86 bits per heavy atom. The highest BCUT2D eigenvalue weighted by Gasteiger charge is 2.29. The molecule has 2 aromatic heterocycles. The summed E-state index contributed by atoms with van der Waals surface area (Å²) in [5.74, 6) is 0.718. The van der Waals surface area contributed by atoms with E-state index in [1.807, 2.05) is 6.07 Å². The van der Waals surface area contributed by atoms with Gasteiger partial charge >= 0.3 is 0 Å². The Labute approximate surface area is 210 Å². The first-order valence-electron chi connectivity index (χ1n) is 13.1. The number of benzene rings is 2. The van der Waals surface area contributed by atoms with Gasteiger partial charge in [0.2, 0.25) is 0 Å². The van der Waals surface area contributed by atoms with Crippen LogP contribution in [0.1, 0.15) is 41.7 Å². The topological polar surface area (TPSA) is 71.3 Å². The maximum absolute atomic E-state index is 13.8. The molecule has 4 heterocycles. The van der Waals surface area contributed by atoms with Gasteiger partial charge in [-0.15, -0.1) is 0 Å². The second kappa shape index (κ2) is 9.58. The van der Waals surface area contributed by atoms with Crippen molar-refractivity contribution in [3.05, 3.63) is 59.5 Å². The van der Waals surface area contributed by atoms with Gasteiger partial charge in [-0.05, 0) is 69.0 Å². The molecule has 2 saturated heterocycles. The first-order chi connectivity index (χ1) is 17.5. The van der Waals surface area contributed by atoms with Crippen molar-refractivity contribution >= 4 is 33.5 Å². The standard InChI is InChI=1S/C28H33FN6O/c1-19-5-7-24-20(16-19)17-26(30-24)28(36)35-10-3-2-4-22(35)9-11-33-12-14-34(15-13-33)27-23-18-21(29)6-8-25(23)31-32-27/h5-8,16-18,22,30H,2-4,9-15H2,1H3,(H,31,32)/t22-/m0/s1. The van der Waals surface area contributed by atoms with Crippen LogP contribution in [-0.2, 0) is 0 Å². The number of hydrogen-bond donors (Lipinski definition) is 2. The van der Waals surface area contributed by atoms with E-state index >= 15 is 0 Å². The number of anilines is 1. The molecule has 1 amide bonds. The lowest BCUT2D eigenvalue weighted by molar-refractivity contribution is 0.0577. The van der Waals surface area contributed by atoms with Gasteiger partial charge in [-0.25, -0.2) is 4.39 Å². The molecule has 0 spiro atoms. The Hall–Kier alpha value is -3.39. The summed E-state index contributed by atoms with van der Waals surface area (Å²) in [6.07, 6.45) is 4.30. The van der Waals surface area contributed by atoms with Gasteiger partial charge in [-0.2, -0.15) is 5.10 Å². The van der Waals surface area contributed by atoms with Gasteiger partial charge in [-0.1, -0.05) is 11.6 Å². The molecule has 0 bridgehead atoms. The summed E-state index contributed by atoms with van der Waals surface area (Å²) in [7, 11) is 0. The van der Waals surface area contributed by atoms with Crippen molar-refractivity contribution in [1.29, 1.82) is 0 Å². The van der Waals surface area contributed by atoms with Crippen molar-refractivity contribution in [2.75, 3.05) is 44.2 Å². The van der Waals surface area contributed by atoms with Crippen LogP contribution in [-0.4, -0.2) is 76.2 Å². The molecule has 7 nitrogen and oxygen atoms in total. The van der Waals surface area contributed by atoms with Crippen LogP contribution in [0.2, 0.25) is 0 Å². The van der Waals surface area contributed by atoms with E-state index in [0.29, 0.717) is 5.69 Å². The minimum absolute atomic E-state index is 0.121. The lowest BCUT2D eigenvalue weighted by atomic mass is 9.98. The first kappa shape index (κ1) is 23.0. The zero-order valence-corrected chi connectivity index (χ0v) is 20.8. The second-order valence-corrected chi connectivity index (χ2v) is 10.3. The number of rotatable bonds is 5. The number of piperazine rings is 1. The molecule has 2 fully saturated rings. The Balaban J connectivity index is 1.07. The van der Waals surface area contributed by atoms with E-state index in [1.165, 1.54) is 18.1 Å². The third kappa shape index (κ3) is 4.46. The number of hydrogen-bond acceptors (Lipinski definition) is 4. The Morgan fingerprint density at radius 3 is 2.72 bits per heavy atom. The van der Waals surface area contributed by atoms with E-state index < -0.39 is 0 Å². The van der Waals surface area contributed by atoms with Crippen LogP contribution in [0.5, 0.6) is 0 Å². The third-order valence-electron chi connectivity index (χ3n) is 7.85. The van der Waals surface area contributed by atoms with E-state index in [0.717, 1.165) is 86.2 Å². The maximum atomic E-state index is 13.8. The van der Waals surface area contributed by atoms with E-state index in [-0.39, 0.29) is 17.8 Å². The summed E-state index contributed by atoms with van der Waals surface area (Å²) in [5, 5.41) is 9.41. The summed E-state index contributed by atoms with van der Waals surface area (Å²) in [4.78, 5) is 23.6. The number of nitrogens with zero attached hydrogens (tertiary/aromatic N) is 4. The number of amides is 1. The fraction of sp³-hybridized carbons (Fsp3) is 0.429. The van der Waals surface area contributed by atoms with Crippen LogP contribution in [0.3, 0.4) is 0 Å². The minimum atomic E-state index is -0.238. The molecular formula is C28H33FN6O. The van der Waals surface area contributed by atoms with Crippen molar-refractivity contribution < 1.29 is 9.18 Å². The van der Waals surface area contributed by atoms with Crippen molar-refractivity contribution in [2.24, 2.45) is 0 Å². The summed E-state index contributed by atoms with van der Waals surface area (Å²) < 4.78 is 13.8. The largest absolute Gasteiger partial charge is 0.352 e. The molecule has 4 aromatic rings. The monoisotopic (exact) mass is 488 g/mol. The fourth-order valence-electron chi connectivity index (χ4n) is 5.82. The predicted molar refractivity (Wildman–Crippen MR) is 141 cm³/mol. The van der Waals surface area contributed by atoms with Crippen LogP contribution in [0.25, 0.3) is 21.8 Å². The minimum Gasteiger partial charge on any atom is -0.352 e. The summed E-state index contributed by atoms with van der Waals surface area (Å²) in [6.45, 7) is 7.47. The number of aromatic amines is 2. The van der Waals surface area contributed by atoms with Gasteiger partial charge in [0, 0.05) is 61.6 Å². The molecule has 188 valence electrons. The van der Waals surface area contributed by atoms with Crippen LogP contribution < -0.4 is 4.90 Å². The first-order valence-corrected chi connectivity index (χ1v) is 13.1. The van der Waals surface area contributed by atoms with E-state index in [1.54, 1.807) is 12.1 Å². The lowest BCUT2D eigenvalue weighted by Crippen LogP contribution is -2.49. The molecule has 0 saturated carbocycles. The number of nitrogens with one attached hydrogen (secondary N) is 2. The van der Waals surface area contributed by atoms with E-state index in [2.05, 4.69) is 55.0 Å². The third-order valence-corrected chi connectivity index (χ3v) is 7.85. The number of carbonyl (C=O) groups excluding carboxylic acids is 1. The molecule has 8 heteroatoms. The smallest absolute Gasteiger partial charge is 0.270 e. The van der Waals surface area contributed by atoms with Crippen molar-refractivity contribution in [3.8, 4) is 0 Å². The highest BCUT2D eigenvalue weighted by molar-refractivity contribution is 5.98. The van der Waals surface area contributed by atoms with Crippen LogP contribution >= 0.6 is 0 Å². The SMILES string of the molecule is Cc1ccc2[nH]c(C(=O)N3CCCC[C@H]3CCN3CCN(c4n[nH]c5ccc(F)cc45)CC3)cc2c1. The quantitative estimate of drug-likeness (QED) is 0.427. The van der Waals surface area contributed by atoms with Gasteiger partial charge in [0.15, 0.2) is 5.82 Å². The zero-order valence-electron chi connectivity index (χ0n) is 20.8. The molecule has 6 rings (SSSR count). The molecule has 36 heavy (non-hydrogen) atoms. The molecule has 0 aliphatic carbocycles. The Kier molecular flexibility index (Phi) is 6.13. The highest BCUT2D eigenvalue weighted by atomic mass is 19.1. The van der Waals surface area contributed by atoms with Crippen molar-refractivity contribution in [1.82, 2.24) is 25.0 Å². The number of likely N-dealkylation sites (tertiary alicyclic amines) is 1. The van der Waals surface area contributed by atoms with Crippen molar-refractivity contribution in [3.63, 3.8) is 0 Å². The normalized spacial score (nSPS) is 19.4. The van der Waals surface area contributed by atoms with Crippen LogP contribution in [0.4, 0.5) is 10.2 Å². The zero-order chi connectivity index (χ0) is 24.6. The second-order valence-electron chi connectivity index (χ2n) is 10.3. The summed E-state index contributed by atoms with van der Waals surface area (Å²) >= 11 is 0. The molecule has 1 atom stereocenters. The average molecular weight is 489 g/mol. The number of aryl methyl sites for hydroxylation is 1. The summed E-state index contributed by atoms with van der Waals surface area (Å²) in [5.41, 5.74) is 3.77. The molecule has 0 unspecified atom stereocenters. The van der Waals surface area contributed by atoms with Gasteiger partial charge < -0.3 is 14.8 Å². The average Bonchev–Trinajstić information content (AvgIpc) is 3.51. The molecular weight excluding hydrogens is 455 g/mol. The number of fused-ring (bicyclic) bond motifs is 2. The molecule has 2 N–H and O–H groups in total. The predicted octanol–water partition coefficient (Wildman–Crippen LogP) is 4.70. The number of carbonyl (C=O) groups is 1. The fourth-order valence-corrected chi connectivity index (χ4v) is 5.82. The lowest BCUT2D eigenvalue weighted by Gasteiger charge is -2.39. The number of piperidine rings is 1. The number of aromatic nitrogens is 3. The number of halogens is 1. The van der Waals surface area contributed by atoms with Crippen LogP contribution in [0, 0.1) is 12.7 Å². The Morgan fingerprint density at radius 1 is 1.03 bits per heavy atom. The van der Waals surface area contributed by atoms with Crippen molar-refractivity contribution in [2.45, 2.75) is 38.6 Å². The van der Waals surface area contributed by atoms with Gasteiger partial charge in [0.1, 0.15) is 11.5 Å².